The number of likely N-dealkylation sites (tertiary alicyclic amines) is 1. The number of piperidine rings is 1. The Labute approximate surface area is 102 Å². The molecule has 0 spiro atoms. The number of aliphatic hydroxyl groups is 1. The standard InChI is InChI=1S/C14H19NO2/c1-2-11-6-3-4-8-13(11)14(17)15-9-5-7-12(16)10-15/h3-4,6,8,12,16H,2,5,7,9-10H2,1H3. The highest BCUT2D eigenvalue weighted by atomic mass is 16.3. The maximum atomic E-state index is 12.3. The van der Waals surface area contributed by atoms with Crippen LogP contribution in [0.25, 0.3) is 0 Å². The highest BCUT2D eigenvalue weighted by Crippen LogP contribution is 2.16. The molecule has 2 rings (SSSR count). The quantitative estimate of drug-likeness (QED) is 0.846. The van der Waals surface area contributed by atoms with Crippen LogP contribution in [0.15, 0.2) is 24.3 Å². The molecule has 1 atom stereocenters. The second kappa shape index (κ2) is 5.32. The van der Waals surface area contributed by atoms with Gasteiger partial charge < -0.3 is 10.0 Å². The lowest BCUT2D eigenvalue weighted by Gasteiger charge is -2.30. The number of amides is 1. The Balaban J connectivity index is 2.18. The fraction of sp³-hybridized carbons (Fsp3) is 0.500. The number of carbonyl (C=O) groups excluding carboxylic acids is 1. The van der Waals surface area contributed by atoms with Gasteiger partial charge in [-0.25, -0.2) is 0 Å². The van der Waals surface area contributed by atoms with Gasteiger partial charge in [0.1, 0.15) is 0 Å². The van der Waals surface area contributed by atoms with Gasteiger partial charge in [0.25, 0.3) is 5.91 Å². The van der Waals surface area contributed by atoms with Gasteiger partial charge in [-0.05, 0) is 30.9 Å². The first kappa shape index (κ1) is 12.1. The molecular weight excluding hydrogens is 214 g/mol. The van der Waals surface area contributed by atoms with E-state index in [1.807, 2.05) is 24.3 Å². The summed E-state index contributed by atoms with van der Waals surface area (Å²) >= 11 is 0. The lowest BCUT2D eigenvalue weighted by molar-refractivity contribution is 0.0473. The van der Waals surface area contributed by atoms with Gasteiger partial charge in [0.15, 0.2) is 0 Å². The van der Waals surface area contributed by atoms with Crippen molar-refractivity contribution >= 4 is 5.91 Å². The predicted octanol–water partition coefficient (Wildman–Crippen LogP) is 1.85. The maximum Gasteiger partial charge on any atom is 0.254 e. The van der Waals surface area contributed by atoms with E-state index in [9.17, 15) is 9.90 Å². The van der Waals surface area contributed by atoms with Gasteiger partial charge in [-0.3, -0.25) is 4.79 Å². The van der Waals surface area contributed by atoms with Crippen LogP contribution in [0, 0.1) is 0 Å². The van der Waals surface area contributed by atoms with Crippen molar-refractivity contribution in [1.29, 1.82) is 0 Å². The molecule has 3 nitrogen and oxygen atoms in total. The number of aliphatic hydroxyl groups excluding tert-OH is 1. The van der Waals surface area contributed by atoms with Crippen molar-refractivity contribution in [2.75, 3.05) is 13.1 Å². The highest BCUT2D eigenvalue weighted by Gasteiger charge is 2.23. The van der Waals surface area contributed by atoms with Crippen molar-refractivity contribution in [2.24, 2.45) is 0 Å². The van der Waals surface area contributed by atoms with Crippen LogP contribution in [0.3, 0.4) is 0 Å². The Morgan fingerprint density at radius 2 is 2.24 bits per heavy atom. The Bertz CT molecular complexity index is 403. The summed E-state index contributed by atoms with van der Waals surface area (Å²) in [6, 6.07) is 7.73. The molecule has 1 aliphatic rings. The number of carbonyl (C=O) groups is 1. The van der Waals surface area contributed by atoms with E-state index in [-0.39, 0.29) is 12.0 Å². The van der Waals surface area contributed by atoms with E-state index in [2.05, 4.69) is 6.92 Å². The second-order valence-electron chi connectivity index (χ2n) is 4.56. The molecule has 17 heavy (non-hydrogen) atoms. The average Bonchev–Trinajstić information content (AvgIpc) is 2.38. The second-order valence-corrected chi connectivity index (χ2v) is 4.56. The summed E-state index contributed by atoms with van der Waals surface area (Å²) in [5.41, 5.74) is 1.86. The first-order chi connectivity index (χ1) is 8.22. The summed E-state index contributed by atoms with van der Waals surface area (Å²) in [5, 5.41) is 9.61. The maximum absolute atomic E-state index is 12.3. The fourth-order valence-corrected chi connectivity index (χ4v) is 2.35. The Morgan fingerprint density at radius 3 is 2.94 bits per heavy atom. The molecule has 0 aliphatic carbocycles. The van der Waals surface area contributed by atoms with Crippen LogP contribution in [-0.2, 0) is 6.42 Å². The molecule has 1 fully saturated rings. The highest BCUT2D eigenvalue weighted by molar-refractivity contribution is 5.95. The topological polar surface area (TPSA) is 40.5 Å². The van der Waals surface area contributed by atoms with Gasteiger partial charge in [-0.15, -0.1) is 0 Å². The van der Waals surface area contributed by atoms with Crippen LogP contribution in [0.4, 0.5) is 0 Å². The number of aryl methyl sites for hydroxylation is 1. The molecule has 1 amide bonds. The predicted molar refractivity (Wildman–Crippen MR) is 67.0 cm³/mol. The Morgan fingerprint density at radius 1 is 1.47 bits per heavy atom. The minimum Gasteiger partial charge on any atom is -0.391 e. The van der Waals surface area contributed by atoms with Crippen LogP contribution in [0.5, 0.6) is 0 Å². The molecule has 1 heterocycles. The van der Waals surface area contributed by atoms with E-state index in [1.165, 1.54) is 0 Å². The van der Waals surface area contributed by atoms with E-state index in [1.54, 1.807) is 4.90 Å². The zero-order valence-electron chi connectivity index (χ0n) is 10.2. The lowest BCUT2D eigenvalue weighted by Crippen LogP contribution is -2.42. The molecule has 1 aromatic rings. The summed E-state index contributed by atoms with van der Waals surface area (Å²) < 4.78 is 0. The number of hydrogen-bond donors (Lipinski definition) is 1. The zero-order chi connectivity index (χ0) is 12.3. The molecule has 1 aromatic carbocycles. The molecule has 1 saturated heterocycles. The molecular formula is C14H19NO2. The minimum atomic E-state index is -0.360. The van der Waals surface area contributed by atoms with Crippen LogP contribution in [0.2, 0.25) is 0 Å². The molecule has 1 aliphatic heterocycles. The van der Waals surface area contributed by atoms with E-state index in [0.717, 1.165) is 36.9 Å². The molecule has 92 valence electrons. The third kappa shape index (κ3) is 2.67. The normalized spacial score (nSPS) is 20.4. The van der Waals surface area contributed by atoms with Gasteiger partial charge >= 0.3 is 0 Å². The van der Waals surface area contributed by atoms with Crippen LogP contribution in [-0.4, -0.2) is 35.1 Å². The monoisotopic (exact) mass is 233 g/mol. The summed E-state index contributed by atoms with van der Waals surface area (Å²) in [4.78, 5) is 14.1. The number of β-amino-alcohol motifs (C(OH)–C–C–N with tert-alkyl or cyclic N) is 1. The molecule has 1 N–H and O–H groups in total. The van der Waals surface area contributed by atoms with Crippen molar-refractivity contribution in [3.05, 3.63) is 35.4 Å². The van der Waals surface area contributed by atoms with Crippen molar-refractivity contribution < 1.29 is 9.90 Å². The van der Waals surface area contributed by atoms with E-state index >= 15 is 0 Å². The Hall–Kier alpha value is -1.35. The molecule has 0 bridgehead atoms. The fourth-order valence-electron chi connectivity index (χ4n) is 2.35. The molecule has 0 aromatic heterocycles. The van der Waals surface area contributed by atoms with E-state index in [0.29, 0.717) is 6.54 Å². The molecule has 3 heteroatoms. The molecule has 1 unspecified atom stereocenters. The van der Waals surface area contributed by atoms with Gasteiger partial charge in [0.2, 0.25) is 0 Å². The van der Waals surface area contributed by atoms with Crippen molar-refractivity contribution in [3.63, 3.8) is 0 Å². The lowest BCUT2D eigenvalue weighted by atomic mass is 10.0. The van der Waals surface area contributed by atoms with Crippen molar-refractivity contribution in [2.45, 2.75) is 32.3 Å². The molecule has 0 radical (unpaired) electrons. The van der Waals surface area contributed by atoms with Crippen molar-refractivity contribution in [1.82, 2.24) is 4.90 Å². The van der Waals surface area contributed by atoms with Crippen LogP contribution in [0.1, 0.15) is 35.7 Å². The molecule has 0 saturated carbocycles. The summed E-state index contributed by atoms with van der Waals surface area (Å²) in [6.45, 7) is 3.28. The first-order valence-electron chi connectivity index (χ1n) is 6.27. The number of rotatable bonds is 2. The largest absolute Gasteiger partial charge is 0.391 e. The van der Waals surface area contributed by atoms with Crippen LogP contribution < -0.4 is 0 Å². The number of benzene rings is 1. The van der Waals surface area contributed by atoms with E-state index < -0.39 is 0 Å². The van der Waals surface area contributed by atoms with E-state index in [4.69, 9.17) is 0 Å². The van der Waals surface area contributed by atoms with Crippen LogP contribution >= 0.6 is 0 Å². The minimum absolute atomic E-state index is 0.0567. The van der Waals surface area contributed by atoms with Gasteiger partial charge in [0, 0.05) is 18.7 Å². The van der Waals surface area contributed by atoms with Gasteiger partial charge in [-0.1, -0.05) is 25.1 Å². The smallest absolute Gasteiger partial charge is 0.254 e. The van der Waals surface area contributed by atoms with Gasteiger partial charge in [0.05, 0.1) is 6.10 Å². The summed E-state index contributed by atoms with van der Waals surface area (Å²) in [6.07, 6.45) is 2.19. The number of hydrogen-bond acceptors (Lipinski definition) is 2. The third-order valence-corrected chi connectivity index (χ3v) is 3.31. The summed E-state index contributed by atoms with van der Waals surface area (Å²) in [7, 11) is 0. The average molecular weight is 233 g/mol. The zero-order valence-corrected chi connectivity index (χ0v) is 10.2. The third-order valence-electron chi connectivity index (χ3n) is 3.31. The first-order valence-corrected chi connectivity index (χ1v) is 6.27. The summed E-state index contributed by atoms with van der Waals surface area (Å²) in [5.74, 6) is 0.0567. The SMILES string of the molecule is CCc1ccccc1C(=O)N1CCCC(O)C1. The number of nitrogens with zero attached hydrogens (tertiary/aromatic N) is 1. The Kier molecular flexibility index (Phi) is 3.79. The van der Waals surface area contributed by atoms with Crippen molar-refractivity contribution in [3.8, 4) is 0 Å². The van der Waals surface area contributed by atoms with Gasteiger partial charge in [-0.2, -0.15) is 0 Å².